The van der Waals surface area contributed by atoms with Crippen LogP contribution in [0.25, 0.3) is 0 Å². The SMILES string of the molecule is Cc1ccc(C)c(CC(NN)C2CCCCC2)c1. The van der Waals surface area contributed by atoms with Crippen LogP contribution >= 0.6 is 0 Å². The average Bonchev–Trinajstić information content (AvgIpc) is 2.41. The van der Waals surface area contributed by atoms with Gasteiger partial charge in [-0.3, -0.25) is 11.3 Å². The molecule has 2 nitrogen and oxygen atoms in total. The Balaban J connectivity index is 2.06. The van der Waals surface area contributed by atoms with Crippen molar-refractivity contribution in [1.82, 2.24) is 5.43 Å². The summed E-state index contributed by atoms with van der Waals surface area (Å²) in [5.74, 6) is 6.54. The Morgan fingerprint density at radius 2 is 1.94 bits per heavy atom. The van der Waals surface area contributed by atoms with Crippen LogP contribution < -0.4 is 11.3 Å². The Kier molecular flexibility index (Phi) is 4.79. The van der Waals surface area contributed by atoms with Gasteiger partial charge in [0.2, 0.25) is 0 Å². The maximum absolute atomic E-state index is 5.79. The summed E-state index contributed by atoms with van der Waals surface area (Å²) in [5.41, 5.74) is 7.24. The summed E-state index contributed by atoms with van der Waals surface area (Å²) in [4.78, 5) is 0. The first-order valence-corrected chi connectivity index (χ1v) is 7.23. The predicted molar refractivity (Wildman–Crippen MR) is 77.3 cm³/mol. The topological polar surface area (TPSA) is 38.0 Å². The van der Waals surface area contributed by atoms with Gasteiger partial charge in [-0.15, -0.1) is 0 Å². The summed E-state index contributed by atoms with van der Waals surface area (Å²) in [6.07, 6.45) is 7.87. The monoisotopic (exact) mass is 246 g/mol. The van der Waals surface area contributed by atoms with Crippen molar-refractivity contribution in [2.75, 3.05) is 0 Å². The first-order chi connectivity index (χ1) is 8.70. The van der Waals surface area contributed by atoms with Crippen LogP contribution in [0.4, 0.5) is 0 Å². The highest BCUT2D eigenvalue weighted by Gasteiger charge is 2.23. The van der Waals surface area contributed by atoms with Gasteiger partial charge in [0.15, 0.2) is 0 Å². The van der Waals surface area contributed by atoms with E-state index in [1.165, 1.54) is 48.8 Å². The highest BCUT2D eigenvalue weighted by atomic mass is 15.2. The van der Waals surface area contributed by atoms with Crippen molar-refractivity contribution in [3.8, 4) is 0 Å². The fraction of sp³-hybridized carbons (Fsp3) is 0.625. The quantitative estimate of drug-likeness (QED) is 0.632. The Hall–Kier alpha value is -0.860. The van der Waals surface area contributed by atoms with Crippen molar-refractivity contribution < 1.29 is 0 Å². The number of nitrogens with one attached hydrogen (secondary N) is 1. The van der Waals surface area contributed by atoms with Crippen LogP contribution in [0, 0.1) is 19.8 Å². The molecule has 0 aliphatic heterocycles. The summed E-state index contributed by atoms with van der Waals surface area (Å²) >= 11 is 0. The van der Waals surface area contributed by atoms with Crippen LogP contribution in [-0.4, -0.2) is 6.04 Å². The van der Waals surface area contributed by atoms with Gasteiger partial charge in [-0.2, -0.15) is 0 Å². The maximum atomic E-state index is 5.79. The fourth-order valence-corrected chi connectivity index (χ4v) is 3.16. The van der Waals surface area contributed by atoms with Crippen molar-refractivity contribution in [2.24, 2.45) is 11.8 Å². The molecule has 1 fully saturated rings. The van der Waals surface area contributed by atoms with E-state index in [0.29, 0.717) is 6.04 Å². The van der Waals surface area contributed by atoms with Crippen LogP contribution in [0.5, 0.6) is 0 Å². The largest absolute Gasteiger partial charge is 0.271 e. The number of hydrazine groups is 1. The standard InChI is InChI=1S/C16H26N2/c1-12-8-9-13(2)15(10-12)11-16(18-17)14-6-4-3-5-7-14/h8-10,14,16,18H,3-7,11,17H2,1-2H3. The number of rotatable bonds is 4. The maximum Gasteiger partial charge on any atom is 0.0279 e. The normalized spacial score (nSPS) is 18.8. The zero-order valence-electron chi connectivity index (χ0n) is 11.7. The summed E-state index contributed by atoms with van der Waals surface area (Å²) < 4.78 is 0. The molecule has 0 bridgehead atoms. The van der Waals surface area contributed by atoms with E-state index in [1.807, 2.05) is 0 Å². The molecule has 0 saturated heterocycles. The molecule has 2 heteroatoms. The number of aryl methyl sites for hydroxylation is 2. The van der Waals surface area contributed by atoms with Crippen LogP contribution in [0.15, 0.2) is 18.2 Å². The van der Waals surface area contributed by atoms with Crippen molar-refractivity contribution in [3.63, 3.8) is 0 Å². The fourth-order valence-electron chi connectivity index (χ4n) is 3.16. The lowest BCUT2D eigenvalue weighted by atomic mass is 9.81. The van der Waals surface area contributed by atoms with Crippen LogP contribution in [0.2, 0.25) is 0 Å². The van der Waals surface area contributed by atoms with E-state index in [-0.39, 0.29) is 0 Å². The molecule has 1 atom stereocenters. The highest BCUT2D eigenvalue weighted by Crippen LogP contribution is 2.28. The number of nitrogens with two attached hydrogens (primary N) is 1. The molecule has 1 aliphatic rings. The Bertz CT molecular complexity index is 381. The van der Waals surface area contributed by atoms with E-state index in [4.69, 9.17) is 5.84 Å². The second kappa shape index (κ2) is 6.35. The van der Waals surface area contributed by atoms with Crippen molar-refractivity contribution in [1.29, 1.82) is 0 Å². The van der Waals surface area contributed by atoms with Crippen molar-refractivity contribution in [3.05, 3.63) is 34.9 Å². The highest BCUT2D eigenvalue weighted by molar-refractivity contribution is 5.31. The molecule has 1 aromatic carbocycles. The number of hydrogen-bond donors (Lipinski definition) is 2. The summed E-state index contributed by atoms with van der Waals surface area (Å²) in [5, 5.41) is 0. The van der Waals surface area contributed by atoms with E-state index < -0.39 is 0 Å². The third-order valence-corrected chi connectivity index (χ3v) is 4.38. The van der Waals surface area contributed by atoms with E-state index in [1.54, 1.807) is 0 Å². The van der Waals surface area contributed by atoms with Crippen LogP contribution in [0.1, 0.15) is 48.8 Å². The molecule has 0 radical (unpaired) electrons. The van der Waals surface area contributed by atoms with E-state index in [2.05, 4.69) is 37.5 Å². The first kappa shape index (κ1) is 13.6. The molecule has 1 aromatic rings. The average molecular weight is 246 g/mol. The zero-order valence-corrected chi connectivity index (χ0v) is 11.7. The summed E-state index contributed by atoms with van der Waals surface area (Å²) in [6, 6.07) is 7.15. The molecule has 3 N–H and O–H groups in total. The molecule has 1 unspecified atom stereocenters. The van der Waals surface area contributed by atoms with Gasteiger partial charge in [0, 0.05) is 6.04 Å². The summed E-state index contributed by atoms with van der Waals surface area (Å²) in [7, 11) is 0. The van der Waals surface area contributed by atoms with Gasteiger partial charge >= 0.3 is 0 Å². The van der Waals surface area contributed by atoms with Crippen LogP contribution in [-0.2, 0) is 6.42 Å². The Morgan fingerprint density at radius 3 is 2.61 bits per heavy atom. The van der Waals surface area contributed by atoms with Crippen molar-refractivity contribution >= 4 is 0 Å². The third kappa shape index (κ3) is 3.33. The molecular formula is C16H26N2. The number of benzene rings is 1. The van der Waals surface area contributed by atoms with Gasteiger partial charge in [-0.25, -0.2) is 0 Å². The minimum absolute atomic E-state index is 0.436. The molecule has 18 heavy (non-hydrogen) atoms. The van der Waals surface area contributed by atoms with E-state index in [0.717, 1.165) is 12.3 Å². The Labute approximate surface area is 111 Å². The molecule has 0 heterocycles. The van der Waals surface area contributed by atoms with Gasteiger partial charge < -0.3 is 0 Å². The Morgan fingerprint density at radius 1 is 1.22 bits per heavy atom. The second-order valence-electron chi connectivity index (χ2n) is 5.81. The van der Waals surface area contributed by atoms with E-state index >= 15 is 0 Å². The van der Waals surface area contributed by atoms with Gasteiger partial charge in [0.1, 0.15) is 0 Å². The first-order valence-electron chi connectivity index (χ1n) is 7.23. The lowest BCUT2D eigenvalue weighted by molar-refractivity contribution is 0.268. The minimum atomic E-state index is 0.436. The summed E-state index contributed by atoms with van der Waals surface area (Å²) in [6.45, 7) is 4.36. The van der Waals surface area contributed by atoms with Gasteiger partial charge in [0.05, 0.1) is 0 Å². The third-order valence-electron chi connectivity index (χ3n) is 4.38. The molecule has 100 valence electrons. The molecule has 0 spiro atoms. The smallest absolute Gasteiger partial charge is 0.0279 e. The second-order valence-corrected chi connectivity index (χ2v) is 5.81. The van der Waals surface area contributed by atoms with Gasteiger partial charge in [-0.1, -0.05) is 43.0 Å². The minimum Gasteiger partial charge on any atom is -0.271 e. The molecule has 0 amide bonds. The molecule has 1 saturated carbocycles. The molecular weight excluding hydrogens is 220 g/mol. The number of hydrogen-bond acceptors (Lipinski definition) is 2. The van der Waals surface area contributed by atoms with E-state index in [9.17, 15) is 0 Å². The molecule has 0 aromatic heterocycles. The van der Waals surface area contributed by atoms with Crippen LogP contribution in [0.3, 0.4) is 0 Å². The molecule has 2 rings (SSSR count). The lowest BCUT2D eigenvalue weighted by Gasteiger charge is -2.30. The predicted octanol–water partition coefficient (Wildman–Crippen LogP) is 3.26. The zero-order chi connectivity index (χ0) is 13.0. The lowest BCUT2D eigenvalue weighted by Crippen LogP contribution is -2.43. The van der Waals surface area contributed by atoms with Gasteiger partial charge in [0.25, 0.3) is 0 Å². The molecule has 1 aliphatic carbocycles. The van der Waals surface area contributed by atoms with Crippen molar-refractivity contribution in [2.45, 2.75) is 58.4 Å². The van der Waals surface area contributed by atoms with Gasteiger partial charge in [-0.05, 0) is 50.2 Å².